The van der Waals surface area contributed by atoms with Gasteiger partial charge < -0.3 is 10.1 Å². The Morgan fingerprint density at radius 1 is 1.26 bits per heavy atom. The second kappa shape index (κ2) is 5.54. The molecule has 1 N–H and O–H groups in total. The first-order chi connectivity index (χ1) is 8.93. The highest BCUT2D eigenvalue weighted by Gasteiger charge is 2.37. The third-order valence-electron chi connectivity index (χ3n) is 4.40. The average Bonchev–Trinajstić information content (AvgIpc) is 2.62. The molecule has 2 heteroatoms. The van der Waals surface area contributed by atoms with Gasteiger partial charge in [0.15, 0.2) is 0 Å². The Bertz CT molecular complexity index is 427. The van der Waals surface area contributed by atoms with Gasteiger partial charge in [0.1, 0.15) is 5.75 Å². The van der Waals surface area contributed by atoms with Crippen LogP contribution in [0.25, 0.3) is 0 Å². The Labute approximate surface area is 117 Å². The number of benzene rings is 1. The first-order valence-electron chi connectivity index (χ1n) is 7.32. The van der Waals surface area contributed by atoms with Gasteiger partial charge >= 0.3 is 0 Å². The van der Waals surface area contributed by atoms with Gasteiger partial charge in [0.2, 0.25) is 0 Å². The first kappa shape index (κ1) is 14.4. The zero-order chi connectivity index (χ0) is 14.0. The Morgan fingerprint density at radius 3 is 2.53 bits per heavy atom. The highest BCUT2D eigenvalue weighted by atomic mass is 16.5. The molecule has 1 aromatic rings. The zero-order valence-electron chi connectivity index (χ0n) is 12.9. The van der Waals surface area contributed by atoms with Crippen LogP contribution >= 0.6 is 0 Å². The molecule has 3 atom stereocenters. The monoisotopic (exact) mass is 261 g/mol. The predicted molar refractivity (Wildman–Crippen MR) is 80.5 cm³/mol. The summed E-state index contributed by atoms with van der Waals surface area (Å²) in [4.78, 5) is 0. The van der Waals surface area contributed by atoms with Crippen LogP contribution < -0.4 is 10.1 Å². The molecule has 106 valence electrons. The molecule has 2 nitrogen and oxygen atoms in total. The van der Waals surface area contributed by atoms with Gasteiger partial charge in [-0.2, -0.15) is 0 Å². The third kappa shape index (κ3) is 3.30. The molecule has 0 saturated heterocycles. The van der Waals surface area contributed by atoms with E-state index in [4.69, 9.17) is 4.74 Å². The summed E-state index contributed by atoms with van der Waals surface area (Å²) in [5, 5.41) is 3.80. The van der Waals surface area contributed by atoms with E-state index in [-0.39, 0.29) is 0 Å². The van der Waals surface area contributed by atoms with Crippen LogP contribution in [0, 0.1) is 11.3 Å². The lowest BCUT2D eigenvalue weighted by Crippen LogP contribution is -2.34. The van der Waals surface area contributed by atoms with E-state index in [2.05, 4.69) is 45.1 Å². The van der Waals surface area contributed by atoms with Gasteiger partial charge in [0, 0.05) is 17.6 Å². The molecule has 19 heavy (non-hydrogen) atoms. The van der Waals surface area contributed by atoms with Gasteiger partial charge in [-0.1, -0.05) is 39.0 Å². The summed E-state index contributed by atoms with van der Waals surface area (Å²) in [6.07, 6.45) is 2.57. The van der Waals surface area contributed by atoms with Crippen molar-refractivity contribution in [3.63, 3.8) is 0 Å². The minimum absolute atomic E-state index is 0.331. The number of rotatable bonds is 4. The van der Waals surface area contributed by atoms with Gasteiger partial charge in [-0.05, 0) is 37.2 Å². The summed E-state index contributed by atoms with van der Waals surface area (Å²) < 4.78 is 5.46. The molecule has 0 bridgehead atoms. The Balaban J connectivity index is 2.07. The second-order valence-corrected chi connectivity index (χ2v) is 6.79. The van der Waals surface area contributed by atoms with E-state index in [9.17, 15) is 0 Å². The van der Waals surface area contributed by atoms with Gasteiger partial charge in [-0.3, -0.25) is 0 Å². The molecule has 1 aliphatic rings. The summed E-state index contributed by atoms with van der Waals surface area (Å²) in [6.45, 7) is 9.34. The predicted octanol–water partition coefficient (Wildman–Crippen LogP) is 4.17. The fourth-order valence-electron chi connectivity index (χ4n) is 3.55. The van der Waals surface area contributed by atoms with Crippen molar-refractivity contribution in [1.29, 1.82) is 0 Å². The molecule has 0 heterocycles. The molecule has 1 fully saturated rings. The van der Waals surface area contributed by atoms with Crippen LogP contribution in [0.2, 0.25) is 0 Å². The number of hydrogen-bond donors (Lipinski definition) is 1. The maximum atomic E-state index is 5.46. The number of nitrogens with one attached hydrogen (secondary N) is 1. The molecule has 1 saturated carbocycles. The standard InChI is InChI=1S/C17H27NO/c1-12-10-17(3,4)11-15(12)18-13(2)14-8-6-7-9-16(14)19-5/h6-9,12-13,15,18H,10-11H2,1-5H3. The van der Waals surface area contributed by atoms with Gasteiger partial charge in [0.05, 0.1) is 7.11 Å². The molecular formula is C17H27NO. The molecule has 0 spiro atoms. The number of methoxy groups -OCH3 is 1. The summed E-state index contributed by atoms with van der Waals surface area (Å²) in [5.74, 6) is 1.72. The first-order valence-corrected chi connectivity index (χ1v) is 7.32. The molecule has 0 aromatic heterocycles. The van der Waals surface area contributed by atoms with E-state index in [1.807, 2.05) is 12.1 Å². The number of ether oxygens (including phenoxy) is 1. The van der Waals surface area contributed by atoms with Crippen LogP contribution in [0.5, 0.6) is 5.75 Å². The van der Waals surface area contributed by atoms with E-state index in [1.165, 1.54) is 18.4 Å². The molecular weight excluding hydrogens is 234 g/mol. The number of hydrogen-bond acceptors (Lipinski definition) is 2. The minimum Gasteiger partial charge on any atom is -0.496 e. The minimum atomic E-state index is 0.331. The van der Waals surface area contributed by atoms with E-state index in [1.54, 1.807) is 7.11 Å². The van der Waals surface area contributed by atoms with Crippen molar-refractivity contribution in [2.24, 2.45) is 11.3 Å². The summed E-state index contributed by atoms with van der Waals surface area (Å²) in [6, 6.07) is 9.23. The molecule has 1 aromatic carbocycles. The van der Waals surface area contributed by atoms with E-state index >= 15 is 0 Å². The highest BCUT2D eigenvalue weighted by molar-refractivity contribution is 5.35. The van der Waals surface area contributed by atoms with Crippen molar-refractivity contribution >= 4 is 0 Å². The van der Waals surface area contributed by atoms with Crippen LogP contribution in [-0.2, 0) is 0 Å². The Kier molecular flexibility index (Phi) is 4.19. The molecule has 1 aliphatic carbocycles. The van der Waals surface area contributed by atoms with Crippen molar-refractivity contribution in [2.75, 3.05) is 7.11 Å². The fourth-order valence-corrected chi connectivity index (χ4v) is 3.55. The van der Waals surface area contributed by atoms with Crippen LogP contribution in [-0.4, -0.2) is 13.2 Å². The Hall–Kier alpha value is -1.02. The highest BCUT2D eigenvalue weighted by Crippen LogP contribution is 2.41. The number of para-hydroxylation sites is 1. The summed E-state index contributed by atoms with van der Waals surface area (Å²) >= 11 is 0. The molecule has 3 unspecified atom stereocenters. The fraction of sp³-hybridized carbons (Fsp3) is 0.647. The molecule has 0 amide bonds. The van der Waals surface area contributed by atoms with Crippen LogP contribution in [0.3, 0.4) is 0 Å². The van der Waals surface area contributed by atoms with E-state index in [0.29, 0.717) is 17.5 Å². The SMILES string of the molecule is COc1ccccc1C(C)NC1CC(C)(C)CC1C. The third-order valence-corrected chi connectivity index (χ3v) is 4.40. The second-order valence-electron chi connectivity index (χ2n) is 6.79. The summed E-state index contributed by atoms with van der Waals surface area (Å²) in [5.41, 5.74) is 1.72. The van der Waals surface area contributed by atoms with Crippen molar-refractivity contribution in [3.05, 3.63) is 29.8 Å². The largest absolute Gasteiger partial charge is 0.496 e. The van der Waals surface area contributed by atoms with Crippen molar-refractivity contribution in [2.45, 2.75) is 52.6 Å². The average molecular weight is 261 g/mol. The maximum Gasteiger partial charge on any atom is 0.123 e. The topological polar surface area (TPSA) is 21.3 Å². The maximum absolute atomic E-state index is 5.46. The summed E-state index contributed by atoms with van der Waals surface area (Å²) in [7, 11) is 1.74. The van der Waals surface area contributed by atoms with Crippen molar-refractivity contribution < 1.29 is 4.74 Å². The molecule has 0 radical (unpaired) electrons. The molecule has 0 aliphatic heterocycles. The van der Waals surface area contributed by atoms with Crippen molar-refractivity contribution in [1.82, 2.24) is 5.32 Å². The zero-order valence-corrected chi connectivity index (χ0v) is 12.9. The quantitative estimate of drug-likeness (QED) is 0.878. The Morgan fingerprint density at radius 2 is 1.95 bits per heavy atom. The van der Waals surface area contributed by atoms with Crippen LogP contribution in [0.15, 0.2) is 24.3 Å². The van der Waals surface area contributed by atoms with Crippen molar-refractivity contribution in [3.8, 4) is 5.75 Å². The normalized spacial score (nSPS) is 27.2. The van der Waals surface area contributed by atoms with Gasteiger partial charge in [-0.25, -0.2) is 0 Å². The van der Waals surface area contributed by atoms with E-state index in [0.717, 1.165) is 11.7 Å². The van der Waals surface area contributed by atoms with E-state index < -0.39 is 0 Å². The lowest BCUT2D eigenvalue weighted by atomic mass is 9.91. The lowest BCUT2D eigenvalue weighted by Gasteiger charge is -2.25. The van der Waals surface area contributed by atoms with Crippen LogP contribution in [0.1, 0.15) is 52.1 Å². The smallest absolute Gasteiger partial charge is 0.123 e. The van der Waals surface area contributed by atoms with Gasteiger partial charge in [-0.15, -0.1) is 0 Å². The van der Waals surface area contributed by atoms with Crippen LogP contribution in [0.4, 0.5) is 0 Å². The molecule has 2 rings (SSSR count). The lowest BCUT2D eigenvalue weighted by molar-refractivity contribution is 0.351. The van der Waals surface area contributed by atoms with Gasteiger partial charge in [0.25, 0.3) is 0 Å².